The van der Waals surface area contributed by atoms with Gasteiger partial charge in [-0.1, -0.05) is 20.8 Å². The van der Waals surface area contributed by atoms with Crippen molar-refractivity contribution in [3.63, 3.8) is 0 Å². The minimum atomic E-state index is -0.209. The molecule has 4 rings (SSSR count). The lowest BCUT2D eigenvalue weighted by Gasteiger charge is -2.36. The zero-order chi connectivity index (χ0) is 22.0. The van der Waals surface area contributed by atoms with Crippen LogP contribution >= 0.6 is 0 Å². The minimum Gasteiger partial charge on any atom is -0.504 e. The quantitative estimate of drug-likeness (QED) is 0.436. The molecule has 0 bridgehead atoms. The first-order valence-corrected chi connectivity index (χ1v) is 12.9. The van der Waals surface area contributed by atoms with E-state index in [1.54, 1.807) is 6.07 Å². The van der Waals surface area contributed by atoms with E-state index in [9.17, 15) is 5.11 Å². The fourth-order valence-corrected chi connectivity index (χ4v) is 6.12. The van der Waals surface area contributed by atoms with Crippen molar-refractivity contribution in [2.75, 3.05) is 0 Å². The highest BCUT2D eigenvalue weighted by Gasteiger charge is 2.41. The number of aromatic hydroxyl groups is 1. The molecule has 1 aromatic carbocycles. The van der Waals surface area contributed by atoms with E-state index in [-0.39, 0.29) is 22.6 Å². The SMILES string of the molecule is CCC1(Oc2ccc(O)c(OC3(CC)CCCC3)c2OC2(CC)CCCC2)CCCC1. The van der Waals surface area contributed by atoms with Gasteiger partial charge < -0.3 is 19.3 Å². The first-order valence-electron chi connectivity index (χ1n) is 12.9. The third-order valence-corrected chi connectivity index (χ3v) is 8.50. The summed E-state index contributed by atoms with van der Waals surface area (Å²) in [5.41, 5.74) is -0.523. The fourth-order valence-electron chi connectivity index (χ4n) is 6.12. The molecule has 3 aliphatic rings. The van der Waals surface area contributed by atoms with Crippen LogP contribution in [0.3, 0.4) is 0 Å². The van der Waals surface area contributed by atoms with Crippen molar-refractivity contribution < 1.29 is 19.3 Å². The predicted octanol–water partition coefficient (Wildman–Crippen LogP) is 7.70. The third-order valence-electron chi connectivity index (χ3n) is 8.50. The fraction of sp³-hybridized carbons (Fsp3) is 0.778. The van der Waals surface area contributed by atoms with Crippen molar-refractivity contribution in [2.45, 2.75) is 134 Å². The molecule has 0 heterocycles. The van der Waals surface area contributed by atoms with Crippen LogP contribution in [0.2, 0.25) is 0 Å². The smallest absolute Gasteiger partial charge is 0.208 e. The highest BCUT2D eigenvalue weighted by Crippen LogP contribution is 2.53. The van der Waals surface area contributed by atoms with E-state index in [2.05, 4.69) is 20.8 Å². The molecule has 1 aromatic rings. The van der Waals surface area contributed by atoms with Gasteiger partial charge in [-0.15, -0.1) is 0 Å². The second-order valence-corrected chi connectivity index (χ2v) is 10.3. The van der Waals surface area contributed by atoms with E-state index in [1.807, 2.05) is 6.07 Å². The van der Waals surface area contributed by atoms with Crippen molar-refractivity contribution in [1.82, 2.24) is 0 Å². The zero-order valence-electron chi connectivity index (χ0n) is 19.9. The summed E-state index contributed by atoms with van der Waals surface area (Å²) in [5, 5.41) is 10.9. The summed E-state index contributed by atoms with van der Waals surface area (Å²) < 4.78 is 20.3. The summed E-state index contributed by atoms with van der Waals surface area (Å²) in [5.74, 6) is 2.07. The highest BCUT2D eigenvalue weighted by molar-refractivity contribution is 5.59. The Bertz CT molecular complexity index is 738. The van der Waals surface area contributed by atoms with E-state index in [0.717, 1.165) is 63.5 Å². The Kier molecular flexibility index (Phi) is 6.65. The van der Waals surface area contributed by atoms with Crippen LogP contribution in [-0.4, -0.2) is 21.9 Å². The van der Waals surface area contributed by atoms with Crippen molar-refractivity contribution >= 4 is 0 Å². The summed E-state index contributed by atoms with van der Waals surface area (Å²) in [6, 6.07) is 3.64. The first-order chi connectivity index (χ1) is 15.0. The summed E-state index contributed by atoms with van der Waals surface area (Å²) >= 11 is 0. The topological polar surface area (TPSA) is 47.9 Å². The van der Waals surface area contributed by atoms with Gasteiger partial charge >= 0.3 is 0 Å². The maximum Gasteiger partial charge on any atom is 0.208 e. The van der Waals surface area contributed by atoms with Crippen molar-refractivity contribution in [2.24, 2.45) is 0 Å². The van der Waals surface area contributed by atoms with Gasteiger partial charge in [0.25, 0.3) is 0 Å². The van der Waals surface area contributed by atoms with E-state index in [0.29, 0.717) is 11.5 Å². The van der Waals surface area contributed by atoms with Gasteiger partial charge in [0, 0.05) is 0 Å². The lowest BCUT2D eigenvalue weighted by Crippen LogP contribution is -2.35. The lowest BCUT2D eigenvalue weighted by atomic mass is 9.97. The summed E-state index contributed by atoms with van der Waals surface area (Å²) in [6.07, 6.45) is 16.4. The van der Waals surface area contributed by atoms with Gasteiger partial charge in [-0.05, 0) is 108 Å². The predicted molar refractivity (Wildman–Crippen MR) is 124 cm³/mol. The van der Waals surface area contributed by atoms with Crippen LogP contribution in [0.1, 0.15) is 117 Å². The van der Waals surface area contributed by atoms with E-state index < -0.39 is 0 Å². The summed E-state index contributed by atoms with van der Waals surface area (Å²) in [7, 11) is 0. The van der Waals surface area contributed by atoms with Gasteiger partial charge in [-0.3, -0.25) is 0 Å². The Balaban J connectivity index is 1.75. The van der Waals surface area contributed by atoms with Crippen LogP contribution in [0.15, 0.2) is 12.1 Å². The molecule has 0 atom stereocenters. The number of ether oxygens (including phenoxy) is 3. The molecule has 4 nitrogen and oxygen atoms in total. The molecule has 0 saturated heterocycles. The molecule has 0 spiro atoms. The number of phenols is 1. The molecule has 1 N–H and O–H groups in total. The number of hydrogen-bond acceptors (Lipinski definition) is 4. The normalized spacial score (nSPS) is 23.7. The van der Waals surface area contributed by atoms with Gasteiger partial charge in [-0.25, -0.2) is 0 Å². The van der Waals surface area contributed by atoms with Crippen LogP contribution in [-0.2, 0) is 0 Å². The minimum absolute atomic E-state index is 0.128. The van der Waals surface area contributed by atoms with E-state index >= 15 is 0 Å². The average Bonchev–Trinajstić information content (AvgIpc) is 3.55. The molecular weight excluding hydrogens is 388 g/mol. The average molecular weight is 431 g/mol. The second-order valence-electron chi connectivity index (χ2n) is 10.3. The van der Waals surface area contributed by atoms with E-state index in [4.69, 9.17) is 14.2 Å². The second kappa shape index (κ2) is 9.11. The van der Waals surface area contributed by atoms with Gasteiger partial charge in [-0.2, -0.15) is 0 Å². The van der Waals surface area contributed by atoms with Crippen LogP contribution in [0, 0.1) is 0 Å². The van der Waals surface area contributed by atoms with Crippen molar-refractivity contribution in [3.05, 3.63) is 12.1 Å². The Morgan fingerprint density at radius 1 is 0.613 bits per heavy atom. The highest BCUT2D eigenvalue weighted by atomic mass is 16.6. The Hall–Kier alpha value is -1.58. The molecule has 0 radical (unpaired) electrons. The molecule has 0 amide bonds. The molecule has 3 aliphatic carbocycles. The van der Waals surface area contributed by atoms with Gasteiger partial charge in [0.2, 0.25) is 11.5 Å². The van der Waals surface area contributed by atoms with Gasteiger partial charge in [0.15, 0.2) is 11.5 Å². The molecule has 4 heteroatoms. The van der Waals surface area contributed by atoms with Gasteiger partial charge in [0.05, 0.1) is 0 Å². The Morgan fingerprint density at radius 2 is 1.00 bits per heavy atom. The first kappa shape index (κ1) is 22.6. The Morgan fingerprint density at radius 3 is 1.42 bits per heavy atom. The molecule has 3 fully saturated rings. The van der Waals surface area contributed by atoms with Crippen LogP contribution < -0.4 is 14.2 Å². The van der Waals surface area contributed by atoms with Crippen LogP contribution in [0.5, 0.6) is 23.0 Å². The molecule has 174 valence electrons. The number of hydrogen-bond donors (Lipinski definition) is 1. The monoisotopic (exact) mass is 430 g/mol. The summed E-state index contributed by atoms with van der Waals surface area (Å²) in [4.78, 5) is 0. The lowest BCUT2D eigenvalue weighted by molar-refractivity contribution is 0.0257. The van der Waals surface area contributed by atoms with Crippen LogP contribution in [0.25, 0.3) is 0 Å². The third kappa shape index (κ3) is 4.50. The maximum atomic E-state index is 10.9. The van der Waals surface area contributed by atoms with Crippen molar-refractivity contribution in [3.8, 4) is 23.0 Å². The maximum absolute atomic E-state index is 10.9. The molecule has 3 saturated carbocycles. The van der Waals surface area contributed by atoms with Gasteiger partial charge in [0.1, 0.15) is 16.8 Å². The molecule has 0 aromatic heterocycles. The Labute approximate surface area is 188 Å². The van der Waals surface area contributed by atoms with Crippen LogP contribution in [0.4, 0.5) is 0 Å². The number of rotatable bonds is 9. The number of benzene rings is 1. The molecule has 0 aliphatic heterocycles. The molecule has 31 heavy (non-hydrogen) atoms. The zero-order valence-corrected chi connectivity index (χ0v) is 19.9. The van der Waals surface area contributed by atoms with Crippen molar-refractivity contribution in [1.29, 1.82) is 0 Å². The summed E-state index contributed by atoms with van der Waals surface area (Å²) in [6.45, 7) is 6.63. The largest absolute Gasteiger partial charge is 0.504 e. The standard InChI is InChI=1S/C27H42O4/c1-4-25(15-7-8-16-25)29-22-14-13-21(28)23(30-26(5-2)17-9-10-18-26)24(22)31-27(6-3)19-11-12-20-27/h13-14,28H,4-12,15-20H2,1-3H3. The van der Waals surface area contributed by atoms with E-state index in [1.165, 1.54) is 38.5 Å². The molecule has 0 unspecified atom stereocenters. The molecular formula is C27H42O4. The number of phenolic OH excluding ortho intramolecular Hbond substituents is 1.